The number of carbonyl (C=O) groups is 1. The van der Waals surface area contributed by atoms with Gasteiger partial charge in [0.2, 0.25) is 0 Å². The molecule has 2 aromatic heterocycles. The van der Waals surface area contributed by atoms with Gasteiger partial charge in [-0.1, -0.05) is 23.2 Å². The molecule has 3 heterocycles. The van der Waals surface area contributed by atoms with Crippen LogP contribution in [0.1, 0.15) is 35.1 Å². The number of nitrogens with one attached hydrogen (secondary N) is 1. The number of Topliss-reactive ketones (excluding diaryl/α,β-unsaturated/α-hetero) is 1. The minimum absolute atomic E-state index is 0.0319. The first kappa shape index (κ1) is 22.7. The van der Waals surface area contributed by atoms with Crippen LogP contribution in [-0.4, -0.2) is 63.1 Å². The van der Waals surface area contributed by atoms with Gasteiger partial charge in [0, 0.05) is 55.1 Å². The SMILES string of the molecule is Cc1cc(C)nc(-c2[nH]ncc2C(=O)CCN2CCN(c3cc(Cl)ccc3Cl)C(C)C2)n1. The van der Waals surface area contributed by atoms with Gasteiger partial charge in [0.1, 0.15) is 5.69 Å². The lowest BCUT2D eigenvalue weighted by molar-refractivity contribution is 0.0959. The molecule has 0 radical (unpaired) electrons. The highest BCUT2D eigenvalue weighted by molar-refractivity contribution is 6.35. The van der Waals surface area contributed by atoms with Crippen molar-refractivity contribution in [3.8, 4) is 11.5 Å². The molecule has 1 aliphatic rings. The number of hydrogen-bond acceptors (Lipinski definition) is 6. The number of benzene rings is 1. The summed E-state index contributed by atoms with van der Waals surface area (Å²) in [4.78, 5) is 26.5. The summed E-state index contributed by atoms with van der Waals surface area (Å²) in [7, 11) is 0. The standard InChI is InChI=1S/C23H26Cl2N6O/c1-14-10-15(2)28-23(27-14)22-18(12-26-29-22)21(32)6-7-30-8-9-31(16(3)13-30)20-11-17(24)4-5-19(20)25/h4-5,10-12,16H,6-9,13H2,1-3H3,(H,26,29). The van der Waals surface area contributed by atoms with E-state index in [1.807, 2.05) is 32.0 Å². The lowest BCUT2D eigenvalue weighted by Gasteiger charge is -2.41. The maximum Gasteiger partial charge on any atom is 0.178 e. The Bertz CT molecular complexity index is 1110. The normalized spacial score (nSPS) is 17.0. The molecule has 1 N–H and O–H groups in total. The topological polar surface area (TPSA) is 78.0 Å². The summed E-state index contributed by atoms with van der Waals surface area (Å²) in [6, 6.07) is 7.70. The maximum atomic E-state index is 13.0. The Balaban J connectivity index is 1.39. The molecule has 1 aromatic carbocycles. The zero-order chi connectivity index (χ0) is 22.8. The van der Waals surface area contributed by atoms with E-state index in [9.17, 15) is 4.79 Å². The number of H-pyrrole nitrogens is 1. The highest BCUT2D eigenvalue weighted by atomic mass is 35.5. The highest BCUT2D eigenvalue weighted by Gasteiger charge is 2.26. The summed E-state index contributed by atoms with van der Waals surface area (Å²) in [6.07, 6.45) is 1.97. The summed E-state index contributed by atoms with van der Waals surface area (Å²) >= 11 is 12.6. The van der Waals surface area contributed by atoms with E-state index in [0.717, 1.165) is 36.7 Å². The van der Waals surface area contributed by atoms with E-state index in [-0.39, 0.29) is 11.8 Å². The molecule has 0 spiro atoms. The highest BCUT2D eigenvalue weighted by Crippen LogP contribution is 2.31. The summed E-state index contributed by atoms with van der Waals surface area (Å²) in [5, 5.41) is 8.35. The predicted molar refractivity (Wildman–Crippen MR) is 128 cm³/mol. The van der Waals surface area contributed by atoms with Crippen molar-refractivity contribution in [1.82, 2.24) is 25.1 Å². The Labute approximate surface area is 197 Å². The molecule has 1 unspecified atom stereocenters. The molecule has 9 heteroatoms. The smallest absolute Gasteiger partial charge is 0.178 e. The fourth-order valence-electron chi connectivity index (χ4n) is 4.20. The van der Waals surface area contributed by atoms with Gasteiger partial charge in [0.25, 0.3) is 0 Å². The average Bonchev–Trinajstić information content (AvgIpc) is 3.23. The number of halogens is 2. The molecule has 1 fully saturated rings. The number of aromatic nitrogens is 4. The van der Waals surface area contributed by atoms with Crippen molar-refractivity contribution < 1.29 is 4.79 Å². The quantitative estimate of drug-likeness (QED) is 0.529. The number of carbonyl (C=O) groups excluding carboxylic acids is 1. The lowest BCUT2D eigenvalue weighted by atomic mass is 10.1. The van der Waals surface area contributed by atoms with Gasteiger partial charge < -0.3 is 4.90 Å². The molecule has 0 aliphatic carbocycles. The van der Waals surface area contributed by atoms with Crippen molar-refractivity contribution in [3.63, 3.8) is 0 Å². The number of aromatic amines is 1. The van der Waals surface area contributed by atoms with Gasteiger partial charge in [-0.15, -0.1) is 0 Å². The summed E-state index contributed by atoms with van der Waals surface area (Å²) in [6.45, 7) is 9.17. The van der Waals surface area contributed by atoms with E-state index in [0.29, 0.717) is 40.1 Å². The van der Waals surface area contributed by atoms with Crippen LogP contribution in [0.5, 0.6) is 0 Å². The number of aryl methyl sites for hydroxylation is 2. The fraction of sp³-hybridized carbons (Fsp3) is 0.391. The van der Waals surface area contributed by atoms with Crippen molar-refractivity contribution >= 4 is 34.7 Å². The Morgan fingerprint density at radius 1 is 1.16 bits per heavy atom. The van der Waals surface area contributed by atoms with Crippen molar-refractivity contribution in [2.75, 3.05) is 31.1 Å². The van der Waals surface area contributed by atoms with Crippen LogP contribution in [0.15, 0.2) is 30.5 Å². The van der Waals surface area contributed by atoms with Crippen LogP contribution < -0.4 is 4.90 Å². The van der Waals surface area contributed by atoms with Gasteiger partial charge in [-0.3, -0.25) is 14.8 Å². The van der Waals surface area contributed by atoms with E-state index in [2.05, 4.69) is 36.9 Å². The molecule has 1 atom stereocenters. The van der Waals surface area contributed by atoms with Crippen LogP contribution in [0.25, 0.3) is 11.5 Å². The molecular weight excluding hydrogens is 447 g/mol. The van der Waals surface area contributed by atoms with E-state index < -0.39 is 0 Å². The van der Waals surface area contributed by atoms with Crippen molar-refractivity contribution in [2.24, 2.45) is 0 Å². The van der Waals surface area contributed by atoms with E-state index in [4.69, 9.17) is 23.2 Å². The second-order valence-corrected chi connectivity index (χ2v) is 9.09. The minimum atomic E-state index is 0.0319. The number of piperazine rings is 1. The molecule has 0 bridgehead atoms. The second kappa shape index (κ2) is 9.57. The van der Waals surface area contributed by atoms with Crippen molar-refractivity contribution in [1.29, 1.82) is 0 Å². The number of anilines is 1. The van der Waals surface area contributed by atoms with E-state index in [1.54, 1.807) is 12.3 Å². The van der Waals surface area contributed by atoms with Gasteiger partial charge in [-0.05, 0) is 45.0 Å². The molecule has 168 valence electrons. The molecule has 32 heavy (non-hydrogen) atoms. The zero-order valence-electron chi connectivity index (χ0n) is 18.4. The first-order valence-electron chi connectivity index (χ1n) is 10.6. The van der Waals surface area contributed by atoms with Crippen LogP contribution in [0.2, 0.25) is 10.0 Å². The first-order valence-corrected chi connectivity index (χ1v) is 11.4. The Morgan fingerprint density at radius 3 is 2.62 bits per heavy atom. The third-order valence-electron chi connectivity index (χ3n) is 5.73. The fourth-order valence-corrected chi connectivity index (χ4v) is 4.59. The van der Waals surface area contributed by atoms with Gasteiger partial charge >= 0.3 is 0 Å². The number of ketones is 1. The Morgan fingerprint density at radius 2 is 1.91 bits per heavy atom. The summed E-state index contributed by atoms with van der Waals surface area (Å²) in [5.41, 5.74) is 3.78. The van der Waals surface area contributed by atoms with E-state index >= 15 is 0 Å². The van der Waals surface area contributed by atoms with Gasteiger partial charge in [-0.2, -0.15) is 5.10 Å². The summed E-state index contributed by atoms with van der Waals surface area (Å²) in [5.74, 6) is 0.536. The van der Waals surface area contributed by atoms with Crippen LogP contribution >= 0.6 is 23.2 Å². The largest absolute Gasteiger partial charge is 0.365 e. The molecule has 3 aromatic rings. The Kier molecular flexibility index (Phi) is 6.79. The van der Waals surface area contributed by atoms with Gasteiger partial charge in [-0.25, -0.2) is 9.97 Å². The third kappa shape index (κ3) is 4.95. The van der Waals surface area contributed by atoms with Gasteiger partial charge in [0.15, 0.2) is 11.6 Å². The molecule has 0 amide bonds. The predicted octanol–water partition coefficient (Wildman–Crippen LogP) is 4.57. The second-order valence-electron chi connectivity index (χ2n) is 8.24. The zero-order valence-corrected chi connectivity index (χ0v) is 19.9. The van der Waals surface area contributed by atoms with Crippen molar-refractivity contribution in [3.05, 3.63) is 57.5 Å². The monoisotopic (exact) mass is 472 g/mol. The minimum Gasteiger partial charge on any atom is -0.365 e. The van der Waals surface area contributed by atoms with E-state index in [1.165, 1.54) is 0 Å². The number of hydrogen-bond donors (Lipinski definition) is 1. The maximum absolute atomic E-state index is 13.0. The summed E-state index contributed by atoms with van der Waals surface area (Å²) < 4.78 is 0. The molecule has 1 aliphatic heterocycles. The van der Waals surface area contributed by atoms with Crippen LogP contribution in [0.3, 0.4) is 0 Å². The number of nitrogens with zero attached hydrogens (tertiary/aromatic N) is 5. The van der Waals surface area contributed by atoms with Crippen molar-refractivity contribution in [2.45, 2.75) is 33.2 Å². The molecular formula is C23H26Cl2N6O. The number of rotatable bonds is 6. The van der Waals surface area contributed by atoms with Crippen LogP contribution in [0, 0.1) is 13.8 Å². The molecule has 1 saturated heterocycles. The molecule has 4 rings (SSSR count). The lowest BCUT2D eigenvalue weighted by Crippen LogP contribution is -2.52. The molecule has 0 saturated carbocycles. The molecule has 7 nitrogen and oxygen atoms in total. The van der Waals surface area contributed by atoms with Gasteiger partial charge in [0.05, 0.1) is 22.5 Å². The average molecular weight is 473 g/mol. The Hall–Kier alpha value is -2.48. The third-order valence-corrected chi connectivity index (χ3v) is 6.28. The van der Waals surface area contributed by atoms with Crippen LogP contribution in [0.4, 0.5) is 5.69 Å². The first-order chi connectivity index (χ1) is 15.3. The van der Waals surface area contributed by atoms with Crippen LogP contribution in [-0.2, 0) is 0 Å².